The highest BCUT2D eigenvalue weighted by Crippen LogP contribution is 2.49. The molecule has 0 unspecified atom stereocenters. The van der Waals surface area contributed by atoms with Crippen LogP contribution in [0.2, 0.25) is 5.02 Å². The zero-order valence-corrected chi connectivity index (χ0v) is 12.9. The van der Waals surface area contributed by atoms with Crippen LogP contribution in [-0.2, 0) is 4.74 Å². The molecule has 114 valence electrons. The Morgan fingerprint density at radius 3 is 2.95 bits per heavy atom. The van der Waals surface area contributed by atoms with E-state index in [1.54, 1.807) is 6.07 Å². The number of aromatic hydroxyl groups is 1. The Bertz CT molecular complexity index is 703. The lowest BCUT2D eigenvalue weighted by Crippen LogP contribution is -2.35. The minimum Gasteiger partial charge on any atom is -0.508 e. The minimum absolute atomic E-state index is 0.0658. The second-order valence-electron chi connectivity index (χ2n) is 6.05. The lowest BCUT2D eigenvalue weighted by molar-refractivity contribution is -0.0381. The van der Waals surface area contributed by atoms with Gasteiger partial charge in [-0.25, -0.2) is 0 Å². The molecule has 2 aromatic rings. The third kappa shape index (κ3) is 2.34. The van der Waals surface area contributed by atoms with Gasteiger partial charge in [-0.05, 0) is 48.7 Å². The summed E-state index contributed by atoms with van der Waals surface area (Å²) in [6.45, 7) is 0.792. The molecule has 3 atom stereocenters. The number of hydrogen-bond donors (Lipinski definition) is 2. The molecule has 0 bridgehead atoms. The van der Waals surface area contributed by atoms with Crippen LogP contribution >= 0.6 is 11.6 Å². The average Bonchev–Trinajstić information content (AvgIpc) is 2.54. The first-order valence-corrected chi connectivity index (χ1v) is 8.07. The first kappa shape index (κ1) is 13.9. The number of nitrogens with one attached hydrogen (secondary N) is 1. The Labute approximate surface area is 134 Å². The van der Waals surface area contributed by atoms with E-state index >= 15 is 0 Å². The fourth-order valence-corrected chi connectivity index (χ4v) is 3.87. The summed E-state index contributed by atoms with van der Waals surface area (Å²) in [6.07, 6.45) is 2.23. The van der Waals surface area contributed by atoms with Gasteiger partial charge in [0.25, 0.3) is 0 Å². The molecule has 4 heteroatoms. The van der Waals surface area contributed by atoms with E-state index < -0.39 is 0 Å². The molecule has 0 radical (unpaired) electrons. The van der Waals surface area contributed by atoms with Crippen molar-refractivity contribution in [2.45, 2.75) is 25.0 Å². The molecule has 0 aromatic heterocycles. The molecule has 2 heterocycles. The standard InChI is InChI=1S/C18H18ClNO2/c19-12-6-7-16-15(10-12)18-14(5-2-8-22-18)17(20-16)11-3-1-4-13(21)9-11/h1,3-4,6-7,9-10,14,17-18,20-21H,2,5,8H2/t14-,17-,18-/m0/s1. The van der Waals surface area contributed by atoms with E-state index in [9.17, 15) is 5.11 Å². The molecule has 2 aliphatic rings. The summed E-state index contributed by atoms with van der Waals surface area (Å²) in [5, 5.41) is 14.2. The van der Waals surface area contributed by atoms with Crippen molar-refractivity contribution in [3.8, 4) is 5.75 Å². The SMILES string of the molecule is Oc1cccc([C@@H]2Nc3ccc(Cl)cc3[C@H]3OCCC[C@H]32)c1. The van der Waals surface area contributed by atoms with Gasteiger partial charge < -0.3 is 15.2 Å². The number of benzene rings is 2. The molecule has 0 spiro atoms. The summed E-state index contributed by atoms with van der Waals surface area (Å²) in [7, 11) is 0. The zero-order valence-electron chi connectivity index (χ0n) is 12.1. The number of fused-ring (bicyclic) bond motifs is 3. The summed E-state index contributed by atoms with van der Waals surface area (Å²) in [6, 6.07) is 13.6. The van der Waals surface area contributed by atoms with Gasteiger partial charge in [-0.1, -0.05) is 23.7 Å². The summed E-state index contributed by atoms with van der Waals surface area (Å²) >= 11 is 6.17. The fraction of sp³-hybridized carbons (Fsp3) is 0.333. The second-order valence-corrected chi connectivity index (χ2v) is 6.48. The molecule has 0 amide bonds. The maximum Gasteiger partial charge on any atom is 0.115 e. The summed E-state index contributed by atoms with van der Waals surface area (Å²) < 4.78 is 6.08. The van der Waals surface area contributed by atoms with Gasteiger partial charge in [0, 0.05) is 28.8 Å². The van der Waals surface area contributed by atoms with Crippen LogP contribution in [-0.4, -0.2) is 11.7 Å². The zero-order chi connectivity index (χ0) is 15.1. The Hall–Kier alpha value is -1.71. The van der Waals surface area contributed by atoms with Gasteiger partial charge >= 0.3 is 0 Å². The summed E-state index contributed by atoms with van der Waals surface area (Å²) in [5.41, 5.74) is 3.32. The molecule has 2 N–H and O–H groups in total. The highest BCUT2D eigenvalue weighted by molar-refractivity contribution is 6.30. The van der Waals surface area contributed by atoms with Gasteiger partial charge in [0.2, 0.25) is 0 Å². The lowest BCUT2D eigenvalue weighted by Gasteiger charge is -2.43. The van der Waals surface area contributed by atoms with Gasteiger partial charge in [0.15, 0.2) is 0 Å². The molecule has 0 aliphatic carbocycles. The van der Waals surface area contributed by atoms with Crippen LogP contribution in [0, 0.1) is 5.92 Å². The smallest absolute Gasteiger partial charge is 0.115 e. The van der Waals surface area contributed by atoms with E-state index in [-0.39, 0.29) is 12.1 Å². The average molecular weight is 316 g/mol. The summed E-state index contributed by atoms with van der Waals surface area (Å²) in [5.74, 6) is 0.649. The Morgan fingerprint density at radius 2 is 2.09 bits per heavy atom. The first-order chi connectivity index (χ1) is 10.7. The first-order valence-electron chi connectivity index (χ1n) is 7.69. The predicted octanol–water partition coefficient (Wildman–Crippen LogP) is 4.68. The molecule has 1 fully saturated rings. The van der Waals surface area contributed by atoms with Crippen molar-refractivity contribution in [3.05, 3.63) is 58.6 Å². The van der Waals surface area contributed by atoms with Crippen LogP contribution < -0.4 is 5.32 Å². The van der Waals surface area contributed by atoms with Crippen LogP contribution in [0.4, 0.5) is 5.69 Å². The van der Waals surface area contributed by atoms with Gasteiger partial charge in [-0.2, -0.15) is 0 Å². The van der Waals surface area contributed by atoms with Crippen molar-refractivity contribution in [2.75, 3.05) is 11.9 Å². The third-order valence-corrected chi connectivity index (χ3v) is 4.89. The highest BCUT2D eigenvalue weighted by Gasteiger charge is 2.39. The number of hydrogen-bond acceptors (Lipinski definition) is 3. The number of anilines is 1. The van der Waals surface area contributed by atoms with E-state index in [1.807, 2.05) is 30.3 Å². The quantitative estimate of drug-likeness (QED) is 0.803. The molecular formula is C18H18ClNO2. The highest BCUT2D eigenvalue weighted by atomic mass is 35.5. The molecule has 2 aliphatic heterocycles. The van der Waals surface area contributed by atoms with Crippen molar-refractivity contribution in [2.24, 2.45) is 5.92 Å². The van der Waals surface area contributed by atoms with Gasteiger partial charge in [-0.3, -0.25) is 0 Å². The van der Waals surface area contributed by atoms with E-state index in [4.69, 9.17) is 16.3 Å². The number of phenolic OH excluding ortho intramolecular Hbond substituents is 1. The van der Waals surface area contributed by atoms with Crippen LogP contribution in [0.3, 0.4) is 0 Å². The Kier molecular flexibility index (Phi) is 3.47. The van der Waals surface area contributed by atoms with Gasteiger partial charge in [0.1, 0.15) is 5.75 Å². The second kappa shape index (κ2) is 5.49. The van der Waals surface area contributed by atoms with Crippen LogP contribution in [0.5, 0.6) is 5.75 Å². The molecule has 0 saturated carbocycles. The summed E-state index contributed by atoms with van der Waals surface area (Å²) in [4.78, 5) is 0. The number of rotatable bonds is 1. The normalized spacial score (nSPS) is 26.7. The maximum atomic E-state index is 9.79. The van der Waals surface area contributed by atoms with E-state index in [0.717, 1.165) is 41.3 Å². The van der Waals surface area contributed by atoms with Crippen molar-refractivity contribution in [1.82, 2.24) is 0 Å². The van der Waals surface area contributed by atoms with Crippen LogP contribution in [0.25, 0.3) is 0 Å². The molecule has 4 rings (SSSR count). The Balaban J connectivity index is 1.79. The number of phenols is 1. The largest absolute Gasteiger partial charge is 0.508 e. The molecule has 1 saturated heterocycles. The van der Waals surface area contributed by atoms with E-state index in [0.29, 0.717) is 11.7 Å². The van der Waals surface area contributed by atoms with E-state index in [1.165, 1.54) is 0 Å². The van der Waals surface area contributed by atoms with E-state index in [2.05, 4.69) is 11.4 Å². The van der Waals surface area contributed by atoms with Gasteiger partial charge in [-0.15, -0.1) is 0 Å². The van der Waals surface area contributed by atoms with Crippen molar-refractivity contribution < 1.29 is 9.84 Å². The molecule has 3 nitrogen and oxygen atoms in total. The van der Waals surface area contributed by atoms with Crippen LogP contribution in [0.15, 0.2) is 42.5 Å². The topological polar surface area (TPSA) is 41.5 Å². The predicted molar refractivity (Wildman–Crippen MR) is 87.3 cm³/mol. The maximum absolute atomic E-state index is 9.79. The molecule has 2 aromatic carbocycles. The Morgan fingerprint density at radius 1 is 1.18 bits per heavy atom. The van der Waals surface area contributed by atoms with Crippen molar-refractivity contribution in [1.29, 1.82) is 0 Å². The number of halogens is 1. The molecular weight excluding hydrogens is 298 g/mol. The molecule has 22 heavy (non-hydrogen) atoms. The monoisotopic (exact) mass is 315 g/mol. The van der Waals surface area contributed by atoms with Crippen molar-refractivity contribution in [3.63, 3.8) is 0 Å². The van der Waals surface area contributed by atoms with Gasteiger partial charge in [0.05, 0.1) is 12.1 Å². The minimum atomic E-state index is 0.0658. The fourth-order valence-electron chi connectivity index (χ4n) is 3.69. The lowest BCUT2D eigenvalue weighted by atomic mass is 9.77. The van der Waals surface area contributed by atoms with Crippen LogP contribution in [0.1, 0.15) is 36.1 Å². The number of ether oxygens (including phenoxy) is 1. The van der Waals surface area contributed by atoms with Crippen molar-refractivity contribution >= 4 is 17.3 Å². The third-order valence-electron chi connectivity index (χ3n) is 4.66.